The molecule has 0 bridgehead atoms. The summed E-state index contributed by atoms with van der Waals surface area (Å²) in [6.45, 7) is 0. The Morgan fingerprint density at radius 3 is 2.27 bits per heavy atom. The van der Waals surface area contributed by atoms with E-state index >= 15 is 0 Å². The molecule has 0 amide bonds. The van der Waals surface area contributed by atoms with E-state index in [0.717, 1.165) is 23.7 Å². The van der Waals surface area contributed by atoms with Gasteiger partial charge in [-0.25, -0.2) is 0 Å². The van der Waals surface area contributed by atoms with Crippen LogP contribution in [0.3, 0.4) is 0 Å². The minimum absolute atomic E-state index is 0.542. The van der Waals surface area contributed by atoms with Crippen LogP contribution in [-0.4, -0.2) is 6.04 Å². The first kappa shape index (κ1) is 10.1. The van der Waals surface area contributed by atoms with E-state index in [1.165, 1.54) is 57.8 Å². The summed E-state index contributed by atoms with van der Waals surface area (Å²) >= 11 is 0. The zero-order valence-electron chi connectivity index (χ0n) is 9.83. The van der Waals surface area contributed by atoms with Crippen LogP contribution >= 0.6 is 0 Å². The minimum Gasteiger partial charge on any atom is -0.327 e. The summed E-state index contributed by atoms with van der Waals surface area (Å²) < 4.78 is 0. The highest BCUT2D eigenvalue weighted by Gasteiger charge is 2.47. The first-order valence-corrected chi connectivity index (χ1v) is 7.08. The largest absolute Gasteiger partial charge is 0.327 e. The van der Waals surface area contributed by atoms with Crippen LogP contribution in [0.4, 0.5) is 0 Å². The standard InChI is InChI=1S/C14H25N/c15-14(6-10-4-2-1-3-5-10)13-8-11-7-12(11)9-13/h10-14H,1-9,15H2. The van der Waals surface area contributed by atoms with E-state index in [9.17, 15) is 0 Å². The Bertz CT molecular complexity index is 209. The van der Waals surface area contributed by atoms with Gasteiger partial charge in [-0.05, 0) is 49.4 Å². The molecule has 0 aromatic rings. The number of rotatable bonds is 3. The number of hydrogen-bond acceptors (Lipinski definition) is 1. The number of fused-ring (bicyclic) bond motifs is 1. The molecule has 0 radical (unpaired) electrons. The topological polar surface area (TPSA) is 26.0 Å². The second-order valence-corrected chi connectivity index (χ2v) is 6.39. The van der Waals surface area contributed by atoms with Crippen molar-refractivity contribution < 1.29 is 0 Å². The van der Waals surface area contributed by atoms with Crippen molar-refractivity contribution >= 4 is 0 Å². The van der Waals surface area contributed by atoms with Gasteiger partial charge in [0.2, 0.25) is 0 Å². The molecule has 3 unspecified atom stereocenters. The van der Waals surface area contributed by atoms with E-state index < -0.39 is 0 Å². The molecule has 0 saturated heterocycles. The summed E-state index contributed by atoms with van der Waals surface area (Å²) in [6, 6.07) is 0.542. The van der Waals surface area contributed by atoms with Crippen LogP contribution < -0.4 is 5.73 Å². The molecule has 86 valence electrons. The van der Waals surface area contributed by atoms with Crippen molar-refractivity contribution in [3.8, 4) is 0 Å². The molecule has 15 heavy (non-hydrogen) atoms. The predicted octanol–water partition coefficient (Wildman–Crippen LogP) is 3.33. The summed E-state index contributed by atoms with van der Waals surface area (Å²) in [5, 5.41) is 0. The van der Waals surface area contributed by atoms with Crippen LogP contribution in [0.2, 0.25) is 0 Å². The zero-order chi connectivity index (χ0) is 10.3. The maximum atomic E-state index is 6.39. The molecular weight excluding hydrogens is 182 g/mol. The van der Waals surface area contributed by atoms with E-state index in [2.05, 4.69) is 0 Å². The Balaban J connectivity index is 1.45. The van der Waals surface area contributed by atoms with Crippen molar-refractivity contribution in [2.75, 3.05) is 0 Å². The van der Waals surface area contributed by atoms with Crippen LogP contribution in [0.1, 0.15) is 57.8 Å². The first-order valence-electron chi connectivity index (χ1n) is 7.08. The Morgan fingerprint density at radius 2 is 1.60 bits per heavy atom. The molecule has 0 aromatic heterocycles. The van der Waals surface area contributed by atoms with Gasteiger partial charge >= 0.3 is 0 Å². The Hall–Kier alpha value is -0.0400. The normalized spacial score (nSPS) is 42.6. The van der Waals surface area contributed by atoms with Crippen LogP contribution in [0, 0.1) is 23.7 Å². The third-order valence-corrected chi connectivity index (χ3v) is 5.22. The maximum absolute atomic E-state index is 6.39. The van der Waals surface area contributed by atoms with Gasteiger partial charge in [0.15, 0.2) is 0 Å². The lowest BCUT2D eigenvalue weighted by Crippen LogP contribution is -2.32. The van der Waals surface area contributed by atoms with Crippen molar-refractivity contribution in [3.05, 3.63) is 0 Å². The molecular formula is C14H25N. The third kappa shape index (κ3) is 2.22. The Kier molecular flexibility index (Phi) is 2.76. The Morgan fingerprint density at radius 1 is 0.933 bits per heavy atom. The van der Waals surface area contributed by atoms with E-state index in [1.807, 2.05) is 0 Å². The fourth-order valence-corrected chi connectivity index (χ4v) is 4.11. The third-order valence-electron chi connectivity index (χ3n) is 5.22. The van der Waals surface area contributed by atoms with E-state index in [4.69, 9.17) is 5.73 Å². The monoisotopic (exact) mass is 207 g/mol. The van der Waals surface area contributed by atoms with Crippen LogP contribution in [-0.2, 0) is 0 Å². The van der Waals surface area contributed by atoms with Crippen molar-refractivity contribution in [1.82, 2.24) is 0 Å². The quantitative estimate of drug-likeness (QED) is 0.754. The highest BCUT2D eigenvalue weighted by atomic mass is 14.7. The minimum atomic E-state index is 0.542. The van der Waals surface area contributed by atoms with Gasteiger partial charge in [0.25, 0.3) is 0 Å². The first-order chi connectivity index (χ1) is 7.33. The molecule has 3 aliphatic rings. The lowest BCUT2D eigenvalue weighted by Gasteiger charge is -2.28. The number of hydrogen-bond donors (Lipinski definition) is 1. The van der Waals surface area contributed by atoms with E-state index in [0.29, 0.717) is 6.04 Å². The molecule has 0 spiro atoms. The maximum Gasteiger partial charge on any atom is 0.00700 e. The molecule has 3 rings (SSSR count). The van der Waals surface area contributed by atoms with Gasteiger partial charge < -0.3 is 5.73 Å². The second-order valence-electron chi connectivity index (χ2n) is 6.39. The lowest BCUT2D eigenvalue weighted by atomic mass is 9.81. The van der Waals surface area contributed by atoms with Gasteiger partial charge in [-0.15, -0.1) is 0 Å². The molecule has 1 heteroatoms. The molecule has 0 aromatic carbocycles. The predicted molar refractivity (Wildman–Crippen MR) is 63.5 cm³/mol. The van der Waals surface area contributed by atoms with Crippen LogP contribution in [0.15, 0.2) is 0 Å². The summed E-state index contributed by atoms with van der Waals surface area (Å²) in [6.07, 6.45) is 13.1. The molecule has 3 atom stereocenters. The average Bonchev–Trinajstić information content (AvgIpc) is 2.87. The van der Waals surface area contributed by atoms with Gasteiger partial charge in [0.1, 0.15) is 0 Å². The SMILES string of the molecule is NC(CC1CCCCC1)C1CC2CC2C1. The van der Waals surface area contributed by atoms with Gasteiger partial charge in [0.05, 0.1) is 0 Å². The summed E-state index contributed by atoms with van der Waals surface area (Å²) in [5.41, 5.74) is 6.39. The van der Waals surface area contributed by atoms with Crippen LogP contribution in [0.25, 0.3) is 0 Å². The lowest BCUT2D eigenvalue weighted by molar-refractivity contribution is 0.273. The van der Waals surface area contributed by atoms with Crippen molar-refractivity contribution in [2.24, 2.45) is 29.4 Å². The molecule has 3 aliphatic carbocycles. The molecule has 0 heterocycles. The molecule has 0 aliphatic heterocycles. The number of nitrogens with two attached hydrogens (primary N) is 1. The second kappa shape index (κ2) is 4.08. The van der Waals surface area contributed by atoms with Crippen molar-refractivity contribution in [3.63, 3.8) is 0 Å². The van der Waals surface area contributed by atoms with Gasteiger partial charge in [-0.2, -0.15) is 0 Å². The zero-order valence-corrected chi connectivity index (χ0v) is 9.83. The summed E-state index contributed by atoms with van der Waals surface area (Å²) in [4.78, 5) is 0. The highest BCUT2D eigenvalue weighted by Crippen LogP contribution is 2.55. The Labute approximate surface area is 93.8 Å². The van der Waals surface area contributed by atoms with Crippen LogP contribution in [0.5, 0.6) is 0 Å². The van der Waals surface area contributed by atoms with Gasteiger partial charge in [-0.3, -0.25) is 0 Å². The fraction of sp³-hybridized carbons (Fsp3) is 1.00. The van der Waals surface area contributed by atoms with Crippen molar-refractivity contribution in [2.45, 2.75) is 63.8 Å². The van der Waals surface area contributed by atoms with Gasteiger partial charge in [-0.1, -0.05) is 32.1 Å². The summed E-state index contributed by atoms with van der Waals surface area (Å²) in [5.74, 6) is 4.08. The molecule has 1 nitrogen and oxygen atoms in total. The van der Waals surface area contributed by atoms with E-state index in [-0.39, 0.29) is 0 Å². The molecule has 3 fully saturated rings. The van der Waals surface area contributed by atoms with Gasteiger partial charge in [0, 0.05) is 6.04 Å². The smallest absolute Gasteiger partial charge is 0.00700 e. The summed E-state index contributed by atoms with van der Waals surface area (Å²) in [7, 11) is 0. The molecule has 3 saturated carbocycles. The highest BCUT2D eigenvalue weighted by molar-refractivity contribution is 4.98. The van der Waals surface area contributed by atoms with E-state index in [1.54, 1.807) is 0 Å². The molecule has 2 N–H and O–H groups in total. The van der Waals surface area contributed by atoms with Crippen molar-refractivity contribution in [1.29, 1.82) is 0 Å². The average molecular weight is 207 g/mol. The fourth-order valence-electron chi connectivity index (χ4n) is 4.11.